The van der Waals surface area contributed by atoms with E-state index in [1.807, 2.05) is 0 Å². The molecule has 0 aliphatic carbocycles. The number of benzene rings is 2. The topological polar surface area (TPSA) is 42.7 Å². The first kappa shape index (κ1) is 18.7. The van der Waals surface area contributed by atoms with E-state index in [1.54, 1.807) is 25.3 Å². The fraction of sp³-hybridized carbons (Fsp3) is 0.0476. The van der Waals surface area contributed by atoms with Crippen molar-refractivity contribution in [3.8, 4) is 16.8 Å². The van der Waals surface area contributed by atoms with Crippen LogP contribution in [0, 0.1) is 30.2 Å². The maximum Gasteiger partial charge on any atom is 0.151 e. The molecule has 0 spiro atoms. The first-order valence-electron chi connectivity index (χ1n) is 8.61. The van der Waals surface area contributed by atoms with Crippen LogP contribution >= 0.6 is 0 Å². The van der Waals surface area contributed by atoms with E-state index in [0.29, 0.717) is 16.9 Å². The van der Waals surface area contributed by atoms with Gasteiger partial charge in [0.2, 0.25) is 0 Å². The lowest BCUT2D eigenvalue weighted by Crippen LogP contribution is -2.06. The van der Waals surface area contributed by atoms with E-state index in [2.05, 4.69) is 15.4 Å². The molecule has 4 aromatic rings. The van der Waals surface area contributed by atoms with E-state index < -0.39 is 23.3 Å². The highest BCUT2D eigenvalue weighted by molar-refractivity contribution is 5.82. The molecule has 1 N–H and O–H groups in total. The summed E-state index contributed by atoms with van der Waals surface area (Å²) in [5.41, 5.74) is 1.28. The van der Waals surface area contributed by atoms with Crippen LogP contribution in [0.25, 0.3) is 16.8 Å². The van der Waals surface area contributed by atoms with Crippen LogP contribution < -0.4 is 5.32 Å². The number of nitrogens with zero attached hydrogens (tertiary/aromatic N) is 3. The van der Waals surface area contributed by atoms with Gasteiger partial charge in [-0.1, -0.05) is 0 Å². The highest BCUT2D eigenvalue weighted by Crippen LogP contribution is 2.37. The molecule has 4 rings (SSSR count). The summed E-state index contributed by atoms with van der Waals surface area (Å²) in [5, 5.41) is 7.38. The van der Waals surface area contributed by atoms with Crippen molar-refractivity contribution in [1.82, 2.24) is 14.8 Å². The second-order valence-corrected chi connectivity index (χ2v) is 6.31. The van der Waals surface area contributed by atoms with Crippen molar-refractivity contribution in [2.75, 3.05) is 5.32 Å². The number of halogens is 4. The highest BCUT2D eigenvalue weighted by Gasteiger charge is 2.23. The molecule has 2 heterocycles. The van der Waals surface area contributed by atoms with Crippen molar-refractivity contribution in [3.63, 3.8) is 0 Å². The zero-order chi connectivity index (χ0) is 20.5. The van der Waals surface area contributed by atoms with Crippen molar-refractivity contribution in [3.05, 3.63) is 89.9 Å². The molecule has 8 heteroatoms. The minimum absolute atomic E-state index is 0.0327. The van der Waals surface area contributed by atoms with Gasteiger partial charge in [-0.05, 0) is 43.3 Å². The number of aromatic nitrogens is 3. The molecule has 0 radical (unpaired) electrons. The predicted octanol–water partition coefficient (Wildman–Crippen LogP) is 5.54. The Labute approximate surface area is 163 Å². The number of nitrogens with one attached hydrogen (secondary N) is 1. The van der Waals surface area contributed by atoms with Crippen LogP contribution in [0.2, 0.25) is 0 Å². The predicted molar refractivity (Wildman–Crippen MR) is 101 cm³/mol. The van der Waals surface area contributed by atoms with Gasteiger partial charge in [-0.2, -0.15) is 5.10 Å². The van der Waals surface area contributed by atoms with Crippen LogP contribution in [0.15, 0.2) is 60.9 Å². The Hall–Kier alpha value is -3.68. The van der Waals surface area contributed by atoms with Gasteiger partial charge in [0.15, 0.2) is 5.82 Å². The van der Waals surface area contributed by atoms with Gasteiger partial charge in [0.25, 0.3) is 0 Å². The molecule has 2 aromatic heterocycles. The summed E-state index contributed by atoms with van der Waals surface area (Å²) in [5.74, 6) is -2.86. The van der Waals surface area contributed by atoms with E-state index in [0.717, 1.165) is 24.3 Å². The zero-order valence-corrected chi connectivity index (χ0v) is 15.1. The van der Waals surface area contributed by atoms with Gasteiger partial charge < -0.3 is 5.32 Å². The molecule has 0 aliphatic rings. The maximum atomic E-state index is 14.5. The summed E-state index contributed by atoms with van der Waals surface area (Å²) >= 11 is 0. The zero-order valence-electron chi connectivity index (χ0n) is 15.1. The summed E-state index contributed by atoms with van der Waals surface area (Å²) in [6, 6.07) is 9.64. The summed E-state index contributed by atoms with van der Waals surface area (Å²) in [6.07, 6.45) is 3.10. The van der Waals surface area contributed by atoms with Crippen molar-refractivity contribution >= 4 is 11.5 Å². The van der Waals surface area contributed by atoms with Gasteiger partial charge in [-0.25, -0.2) is 22.2 Å². The van der Waals surface area contributed by atoms with E-state index in [-0.39, 0.29) is 17.1 Å². The summed E-state index contributed by atoms with van der Waals surface area (Å²) in [4.78, 5) is 4.01. The fourth-order valence-corrected chi connectivity index (χ4v) is 3.06. The van der Waals surface area contributed by atoms with Crippen LogP contribution in [-0.2, 0) is 0 Å². The van der Waals surface area contributed by atoms with E-state index >= 15 is 0 Å². The molecule has 29 heavy (non-hydrogen) atoms. The van der Waals surface area contributed by atoms with Crippen LogP contribution in [0.5, 0.6) is 0 Å². The number of anilines is 2. The molecule has 4 nitrogen and oxygen atoms in total. The number of hydrogen-bond donors (Lipinski definition) is 1. The largest absolute Gasteiger partial charge is 0.338 e. The lowest BCUT2D eigenvalue weighted by molar-refractivity contribution is 0.574. The Morgan fingerprint density at radius 3 is 2.28 bits per heavy atom. The lowest BCUT2D eigenvalue weighted by atomic mass is 10.0. The number of hydrogen-bond acceptors (Lipinski definition) is 3. The van der Waals surface area contributed by atoms with Crippen molar-refractivity contribution in [1.29, 1.82) is 0 Å². The third-order valence-corrected chi connectivity index (χ3v) is 4.32. The quantitative estimate of drug-likeness (QED) is 0.459. The van der Waals surface area contributed by atoms with Gasteiger partial charge in [0.05, 0.1) is 23.1 Å². The van der Waals surface area contributed by atoms with E-state index in [1.165, 1.54) is 23.0 Å². The molecule has 0 saturated carbocycles. The van der Waals surface area contributed by atoms with Gasteiger partial charge >= 0.3 is 0 Å². The second-order valence-electron chi connectivity index (χ2n) is 6.31. The Bertz CT molecular complexity index is 1190. The van der Waals surface area contributed by atoms with Crippen LogP contribution in [0.1, 0.15) is 5.69 Å². The molecule has 0 saturated heterocycles. The minimum atomic E-state index is -0.840. The Balaban J connectivity index is 1.96. The highest BCUT2D eigenvalue weighted by atomic mass is 19.1. The summed E-state index contributed by atoms with van der Waals surface area (Å²) < 4.78 is 57.0. The average molecular weight is 398 g/mol. The summed E-state index contributed by atoms with van der Waals surface area (Å²) in [7, 11) is 0. The maximum absolute atomic E-state index is 14.5. The van der Waals surface area contributed by atoms with Crippen molar-refractivity contribution in [2.24, 2.45) is 0 Å². The second kappa shape index (κ2) is 7.38. The van der Waals surface area contributed by atoms with Crippen molar-refractivity contribution < 1.29 is 17.6 Å². The lowest BCUT2D eigenvalue weighted by Gasteiger charge is -2.13. The van der Waals surface area contributed by atoms with Crippen molar-refractivity contribution in [2.45, 2.75) is 6.92 Å². The molecule has 0 fully saturated rings. The number of rotatable bonds is 4. The molecule has 2 aromatic carbocycles. The van der Waals surface area contributed by atoms with Gasteiger partial charge in [-0.15, -0.1) is 0 Å². The third kappa shape index (κ3) is 3.56. The van der Waals surface area contributed by atoms with E-state index in [4.69, 9.17) is 0 Å². The van der Waals surface area contributed by atoms with Crippen LogP contribution in [0.4, 0.5) is 29.1 Å². The first-order chi connectivity index (χ1) is 13.9. The molecule has 0 bridgehead atoms. The fourth-order valence-electron chi connectivity index (χ4n) is 3.06. The summed E-state index contributed by atoms with van der Waals surface area (Å²) in [6.45, 7) is 1.62. The molecular formula is C21H14F4N4. The van der Waals surface area contributed by atoms with E-state index in [9.17, 15) is 17.6 Å². The van der Waals surface area contributed by atoms with Gasteiger partial charge in [0.1, 0.15) is 29.0 Å². The minimum Gasteiger partial charge on any atom is -0.338 e. The van der Waals surface area contributed by atoms with Crippen LogP contribution in [-0.4, -0.2) is 14.8 Å². The Kier molecular flexibility index (Phi) is 4.75. The Morgan fingerprint density at radius 1 is 0.897 bits per heavy atom. The first-order valence-corrected chi connectivity index (χ1v) is 8.61. The smallest absolute Gasteiger partial charge is 0.151 e. The standard InChI is InChI=1S/C21H14F4N4/c1-12-20(16-6-4-13(22)9-17(16)24)21(27-15-3-2-8-26-11-15)29(28-12)19-7-5-14(23)10-18(19)25/h2-11,27H,1H3. The number of pyridine rings is 1. The average Bonchev–Trinajstić information content (AvgIpc) is 2.98. The Morgan fingerprint density at radius 2 is 1.62 bits per heavy atom. The monoisotopic (exact) mass is 398 g/mol. The molecule has 0 amide bonds. The third-order valence-electron chi connectivity index (χ3n) is 4.32. The van der Waals surface area contributed by atoms with Gasteiger partial charge in [-0.3, -0.25) is 4.98 Å². The SMILES string of the molecule is Cc1nn(-c2ccc(F)cc2F)c(Nc2cccnc2)c1-c1ccc(F)cc1F. The van der Waals surface area contributed by atoms with Gasteiger partial charge in [0, 0.05) is 23.9 Å². The molecular weight excluding hydrogens is 384 g/mol. The molecule has 146 valence electrons. The molecule has 0 unspecified atom stereocenters. The molecule has 0 aliphatic heterocycles. The number of aryl methyl sites for hydroxylation is 1. The van der Waals surface area contributed by atoms with Crippen LogP contribution in [0.3, 0.4) is 0 Å². The molecule has 0 atom stereocenters. The normalized spacial score (nSPS) is 10.9.